The van der Waals surface area contributed by atoms with Crippen molar-refractivity contribution in [2.45, 2.75) is 0 Å². The predicted octanol–water partition coefficient (Wildman–Crippen LogP) is 1.78. The Kier molecular flexibility index (Phi) is 2.03. The number of hydrogen-bond donors (Lipinski definition) is 0. The number of rotatable bonds is 1. The molecule has 0 N–H and O–H groups in total. The third kappa shape index (κ3) is 1.30. The van der Waals surface area contributed by atoms with Crippen molar-refractivity contribution in [3.63, 3.8) is 0 Å². The molecule has 2 heteroatoms. The van der Waals surface area contributed by atoms with E-state index < -0.39 is 0 Å². The van der Waals surface area contributed by atoms with Crippen molar-refractivity contribution in [3.05, 3.63) is 23.3 Å². The highest BCUT2D eigenvalue weighted by Crippen LogP contribution is 2.14. The van der Waals surface area contributed by atoms with Gasteiger partial charge in [-0.05, 0) is 6.08 Å². The average Bonchev–Trinajstić information content (AvgIpc) is 1.90. The lowest BCUT2D eigenvalue weighted by Crippen LogP contribution is -1.84. The summed E-state index contributed by atoms with van der Waals surface area (Å²) in [5, 5.41) is 2.01. The van der Waals surface area contributed by atoms with E-state index in [0.717, 1.165) is 11.5 Å². The van der Waals surface area contributed by atoms with Crippen molar-refractivity contribution in [3.8, 4) is 0 Å². The molecule has 0 saturated heterocycles. The fraction of sp³-hybridized carbons (Fsp3) is 0.333. The van der Waals surface area contributed by atoms with Gasteiger partial charge in [-0.2, -0.15) is 0 Å². The fourth-order valence-corrected chi connectivity index (χ4v) is 1.15. The van der Waals surface area contributed by atoms with Crippen LogP contribution in [0.15, 0.2) is 23.3 Å². The maximum absolute atomic E-state index is 4.94. The van der Waals surface area contributed by atoms with Gasteiger partial charge < -0.3 is 4.74 Å². The highest BCUT2D eigenvalue weighted by molar-refractivity contribution is 8.02. The molecular formula is C6H8OS. The Hall–Kier alpha value is -0.370. The Balaban J connectivity index is 2.51. The summed E-state index contributed by atoms with van der Waals surface area (Å²) in [6, 6.07) is 0. The van der Waals surface area contributed by atoms with Crippen LogP contribution in [0.1, 0.15) is 0 Å². The molecule has 1 heterocycles. The van der Waals surface area contributed by atoms with Crippen molar-refractivity contribution in [1.29, 1.82) is 0 Å². The molecule has 0 aromatic carbocycles. The second-order valence-electron chi connectivity index (χ2n) is 1.46. The van der Waals surface area contributed by atoms with Crippen molar-refractivity contribution in [2.75, 3.05) is 12.9 Å². The largest absolute Gasteiger partial charge is 0.496 e. The first-order valence-corrected chi connectivity index (χ1v) is 3.50. The van der Waals surface area contributed by atoms with Gasteiger partial charge in [0.2, 0.25) is 0 Å². The number of ether oxygens (including phenoxy) is 1. The zero-order valence-electron chi connectivity index (χ0n) is 4.76. The molecule has 1 aliphatic heterocycles. The molecule has 8 heavy (non-hydrogen) atoms. The molecule has 44 valence electrons. The molecule has 0 radical (unpaired) electrons. The molecule has 0 aliphatic carbocycles. The van der Waals surface area contributed by atoms with Crippen LogP contribution in [0.3, 0.4) is 0 Å². The normalized spacial score (nSPS) is 17.9. The van der Waals surface area contributed by atoms with Crippen LogP contribution in [0.25, 0.3) is 0 Å². The second kappa shape index (κ2) is 2.82. The number of allylic oxidation sites excluding steroid dienone is 1. The summed E-state index contributed by atoms with van der Waals surface area (Å²) in [5.74, 6) is 2.04. The van der Waals surface area contributed by atoms with E-state index in [9.17, 15) is 0 Å². The van der Waals surface area contributed by atoms with E-state index in [2.05, 4.69) is 6.08 Å². The van der Waals surface area contributed by atoms with Gasteiger partial charge in [0.1, 0.15) is 5.76 Å². The molecule has 0 fully saturated rings. The third-order valence-corrected chi connectivity index (χ3v) is 1.69. The quantitative estimate of drug-likeness (QED) is 0.532. The predicted molar refractivity (Wildman–Crippen MR) is 36.7 cm³/mol. The van der Waals surface area contributed by atoms with E-state index in [1.165, 1.54) is 0 Å². The van der Waals surface area contributed by atoms with Gasteiger partial charge in [-0.3, -0.25) is 0 Å². The minimum atomic E-state index is 0.959. The van der Waals surface area contributed by atoms with E-state index in [1.807, 2.05) is 11.5 Å². The Morgan fingerprint density at radius 1 is 1.75 bits per heavy atom. The van der Waals surface area contributed by atoms with Crippen LogP contribution in [0.2, 0.25) is 0 Å². The van der Waals surface area contributed by atoms with Crippen molar-refractivity contribution in [1.82, 2.24) is 0 Å². The van der Waals surface area contributed by atoms with E-state index in [0.29, 0.717) is 0 Å². The minimum Gasteiger partial charge on any atom is -0.496 e. The first kappa shape index (κ1) is 5.76. The SMILES string of the molecule is COC1=CSCC=C1. The smallest absolute Gasteiger partial charge is 0.124 e. The molecule has 1 rings (SSSR count). The Bertz CT molecular complexity index is 126. The third-order valence-electron chi connectivity index (χ3n) is 0.910. The lowest BCUT2D eigenvalue weighted by Gasteiger charge is -2.02. The zero-order chi connectivity index (χ0) is 5.82. The number of hydrogen-bond acceptors (Lipinski definition) is 2. The Morgan fingerprint density at radius 3 is 3.00 bits per heavy atom. The van der Waals surface area contributed by atoms with E-state index in [4.69, 9.17) is 4.74 Å². The molecule has 0 bridgehead atoms. The Labute approximate surface area is 53.4 Å². The van der Waals surface area contributed by atoms with Crippen LogP contribution in [-0.4, -0.2) is 12.9 Å². The molecule has 1 nitrogen and oxygen atoms in total. The molecule has 0 amide bonds. The number of thioether (sulfide) groups is 1. The average molecular weight is 128 g/mol. The number of methoxy groups -OCH3 is 1. The van der Waals surface area contributed by atoms with Crippen LogP contribution in [0.4, 0.5) is 0 Å². The first-order valence-electron chi connectivity index (χ1n) is 2.46. The molecule has 0 aromatic heterocycles. The standard InChI is InChI=1S/C6H8OS/c1-7-6-3-2-4-8-5-6/h2-3,5H,4H2,1H3. The van der Waals surface area contributed by atoms with Gasteiger partial charge >= 0.3 is 0 Å². The summed E-state index contributed by atoms with van der Waals surface area (Å²) in [6.07, 6.45) is 4.07. The van der Waals surface area contributed by atoms with Gasteiger partial charge in [0.25, 0.3) is 0 Å². The molecule has 0 spiro atoms. The summed E-state index contributed by atoms with van der Waals surface area (Å²) in [4.78, 5) is 0. The maximum Gasteiger partial charge on any atom is 0.124 e. The van der Waals surface area contributed by atoms with Gasteiger partial charge in [-0.25, -0.2) is 0 Å². The second-order valence-corrected chi connectivity index (χ2v) is 2.36. The molecule has 0 unspecified atom stereocenters. The van der Waals surface area contributed by atoms with Crippen molar-refractivity contribution in [2.24, 2.45) is 0 Å². The van der Waals surface area contributed by atoms with Crippen LogP contribution >= 0.6 is 11.8 Å². The van der Waals surface area contributed by atoms with Gasteiger partial charge in [0.15, 0.2) is 0 Å². The topological polar surface area (TPSA) is 9.23 Å². The molecule has 1 aliphatic rings. The van der Waals surface area contributed by atoms with E-state index in [-0.39, 0.29) is 0 Å². The summed E-state index contributed by atoms with van der Waals surface area (Å²) in [5.41, 5.74) is 0. The van der Waals surface area contributed by atoms with Gasteiger partial charge in [-0.15, -0.1) is 11.8 Å². The fourth-order valence-electron chi connectivity index (χ4n) is 0.506. The highest BCUT2D eigenvalue weighted by Gasteiger charge is 1.92. The van der Waals surface area contributed by atoms with E-state index >= 15 is 0 Å². The van der Waals surface area contributed by atoms with Crippen molar-refractivity contribution >= 4 is 11.8 Å². The zero-order valence-corrected chi connectivity index (χ0v) is 5.57. The monoisotopic (exact) mass is 128 g/mol. The van der Waals surface area contributed by atoms with Gasteiger partial charge in [-0.1, -0.05) is 6.08 Å². The molecule has 0 atom stereocenters. The summed E-state index contributed by atoms with van der Waals surface area (Å²) in [7, 11) is 1.68. The summed E-state index contributed by atoms with van der Waals surface area (Å²) < 4.78 is 4.94. The highest BCUT2D eigenvalue weighted by atomic mass is 32.2. The molecular weight excluding hydrogens is 120 g/mol. The lowest BCUT2D eigenvalue weighted by atomic mass is 10.5. The van der Waals surface area contributed by atoms with Crippen LogP contribution in [0, 0.1) is 0 Å². The maximum atomic E-state index is 4.94. The molecule has 0 saturated carbocycles. The minimum absolute atomic E-state index is 0.959. The molecule has 0 aromatic rings. The lowest BCUT2D eigenvalue weighted by molar-refractivity contribution is 0.308. The van der Waals surface area contributed by atoms with Gasteiger partial charge in [0, 0.05) is 11.2 Å². The van der Waals surface area contributed by atoms with Crippen molar-refractivity contribution < 1.29 is 4.74 Å². The summed E-state index contributed by atoms with van der Waals surface area (Å²) >= 11 is 1.75. The van der Waals surface area contributed by atoms with Crippen LogP contribution < -0.4 is 0 Å². The van der Waals surface area contributed by atoms with E-state index in [1.54, 1.807) is 18.9 Å². The first-order chi connectivity index (χ1) is 3.93. The van der Waals surface area contributed by atoms with Crippen LogP contribution in [0.5, 0.6) is 0 Å². The summed E-state index contributed by atoms with van der Waals surface area (Å²) in [6.45, 7) is 0. The van der Waals surface area contributed by atoms with Crippen LogP contribution in [-0.2, 0) is 4.74 Å². The Morgan fingerprint density at radius 2 is 2.62 bits per heavy atom. The van der Waals surface area contributed by atoms with Gasteiger partial charge in [0.05, 0.1) is 7.11 Å².